The molecule has 0 radical (unpaired) electrons. The monoisotopic (exact) mass is 339 g/mol. The lowest BCUT2D eigenvalue weighted by molar-refractivity contribution is -0.137. The number of alkyl halides is 3. The van der Waals surface area contributed by atoms with Crippen LogP contribution in [0.2, 0.25) is 0 Å². The molecule has 1 saturated heterocycles. The predicted octanol–water partition coefficient (Wildman–Crippen LogP) is 3.23. The number of hydrogen-bond acceptors (Lipinski definition) is 3. The van der Waals surface area contributed by atoms with E-state index in [0.29, 0.717) is 38.2 Å². The fraction of sp³-hybridized carbons (Fsp3) is 0.471. The normalized spacial score (nSPS) is 17.8. The van der Waals surface area contributed by atoms with Crippen LogP contribution in [0.3, 0.4) is 0 Å². The summed E-state index contributed by atoms with van der Waals surface area (Å²) in [5.74, 6) is 0. The molecule has 1 aliphatic heterocycles. The smallest absolute Gasteiger partial charge is 0.381 e. The highest BCUT2D eigenvalue weighted by molar-refractivity contribution is 5.32. The van der Waals surface area contributed by atoms with Crippen LogP contribution in [0.1, 0.15) is 29.7 Å². The molecule has 2 heterocycles. The topological polar surface area (TPSA) is 39.1 Å². The Hall–Kier alpha value is -1.86. The van der Waals surface area contributed by atoms with Gasteiger partial charge in [-0.05, 0) is 30.5 Å². The second-order valence-electron chi connectivity index (χ2n) is 6.12. The summed E-state index contributed by atoms with van der Waals surface area (Å²) >= 11 is 0. The van der Waals surface area contributed by atoms with Gasteiger partial charge >= 0.3 is 6.18 Å². The van der Waals surface area contributed by atoms with Crippen molar-refractivity contribution >= 4 is 0 Å². The van der Waals surface area contributed by atoms with Gasteiger partial charge in [-0.2, -0.15) is 13.2 Å². The van der Waals surface area contributed by atoms with Crippen LogP contribution in [0.15, 0.2) is 36.8 Å². The largest absolute Gasteiger partial charge is 0.416 e. The molecule has 1 fully saturated rings. The minimum atomic E-state index is -4.34. The minimum Gasteiger partial charge on any atom is -0.381 e. The van der Waals surface area contributed by atoms with E-state index in [2.05, 4.69) is 10.3 Å². The first-order valence-electron chi connectivity index (χ1n) is 7.86. The van der Waals surface area contributed by atoms with Crippen LogP contribution in [0.5, 0.6) is 0 Å². The number of imidazole rings is 1. The Balaban J connectivity index is 1.89. The zero-order valence-electron chi connectivity index (χ0n) is 13.4. The Kier molecular flexibility index (Phi) is 4.64. The van der Waals surface area contributed by atoms with E-state index in [1.807, 2.05) is 11.6 Å². The summed E-state index contributed by atoms with van der Waals surface area (Å²) in [6.07, 6.45) is 0.382. The molecule has 7 heteroatoms. The standard InChI is InChI=1S/C17H20F3N3O/c1-23-12-21-10-15(23)11-22-16(5-7-24-8-6-16)13-3-2-4-14(9-13)17(18,19)20/h2-4,9-10,12,22H,5-8,11H2,1H3. The number of nitrogens with zero attached hydrogens (tertiary/aromatic N) is 2. The van der Waals surface area contributed by atoms with Crippen molar-refractivity contribution in [1.29, 1.82) is 0 Å². The van der Waals surface area contributed by atoms with Crippen molar-refractivity contribution in [2.45, 2.75) is 31.1 Å². The third-order valence-electron chi connectivity index (χ3n) is 4.61. The van der Waals surface area contributed by atoms with Gasteiger partial charge in [0.1, 0.15) is 0 Å². The maximum Gasteiger partial charge on any atom is 0.416 e. The molecule has 0 saturated carbocycles. The third kappa shape index (κ3) is 3.47. The summed E-state index contributed by atoms with van der Waals surface area (Å²) in [7, 11) is 1.89. The molecule has 24 heavy (non-hydrogen) atoms. The van der Waals surface area contributed by atoms with E-state index in [4.69, 9.17) is 4.74 Å². The van der Waals surface area contributed by atoms with E-state index in [1.54, 1.807) is 18.6 Å². The highest BCUT2D eigenvalue weighted by atomic mass is 19.4. The van der Waals surface area contributed by atoms with E-state index < -0.39 is 17.3 Å². The van der Waals surface area contributed by atoms with Gasteiger partial charge in [0.25, 0.3) is 0 Å². The maximum atomic E-state index is 13.1. The fourth-order valence-corrected chi connectivity index (χ4v) is 3.10. The van der Waals surface area contributed by atoms with Crippen LogP contribution in [0.25, 0.3) is 0 Å². The Morgan fingerprint density at radius 3 is 2.67 bits per heavy atom. The predicted molar refractivity (Wildman–Crippen MR) is 83.2 cm³/mol. The molecule has 0 atom stereocenters. The van der Waals surface area contributed by atoms with Crippen molar-refractivity contribution in [3.8, 4) is 0 Å². The van der Waals surface area contributed by atoms with E-state index in [0.717, 1.165) is 11.8 Å². The Bertz CT molecular complexity index is 690. The fourth-order valence-electron chi connectivity index (χ4n) is 3.10. The number of aromatic nitrogens is 2. The van der Waals surface area contributed by atoms with Crippen molar-refractivity contribution in [3.63, 3.8) is 0 Å². The molecule has 4 nitrogen and oxygen atoms in total. The van der Waals surface area contributed by atoms with Crippen LogP contribution < -0.4 is 5.32 Å². The Morgan fingerprint density at radius 1 is 1.29 bits per heavy atom. The van der Waals surface area contributed by atoms with Gasteiger partial charge < -0.3 is 14.6 Å². The van der Waals surface area contributed by atoms with E-state index in [1.165, 1.54) is 12.1 Å². The van der Waals surface area contributed by atoms with Gasteiger partial charge in [-0.1, -0.05) is 12.1 Å². The molecule has 1 aliphatic rings. The van der Waals surface area contributed by atoms with E-state index >= 15 is 0 Å². The van der Waals surface area contributed by atoms with Crippen LogP contribution >= 0.6 is 0 Å². The van der Waals surface area contributed by atoms with Gasteiger partial charge in [-0.25, -0.2) is 4.98 Å². The molecule has 130 valence electrons. The summed E-state index contributed by atoms with van der Waals surface area (Å²) in [5, 5.41) is 3.47. The molecular weight excluding hydrogens is 319 g/mol. The minimum absolute atomic E-state index is 0.522. The lowest BCUT2D eigenvalue weighted by Gasteiger charge is -2.39. The number of halogens is 3. The lowest BCUT2D eigenvalue weighted by atomic mass is 9.82. The molecule has 2 aromatic rings. The highest BCUT2D eigenvalue weighted by Gasteiger charge is 2.37. The Labute approximate surface area is 138 Å². The number of rotatable bonds is 4. The maximum absolute atomic E-state index is 13.1. The molecule has 0 bridgehead atoms. The van der Waals surface area contributed by atoms with E-state index in [9.17, 15) is 13.2 Å². The number of aryl methyl sites for hydroxylation is 1. The van der Waals surface area contributed by atoms with Crippen molar-refractivity contribution < 1.29 is 17.9 Å². The zero-order valence-corrected chi connectivity index (χ0v) is 13.4. The Morgan fingerprint density at radius 2 is 2.04 bits per heavy atom. The first kappa shape index (κ1) is 17.0. The van der Waals surface area contributed by atoms with Crippen LogP contribution in [0, 0.1) is 0 Å². The van der Waals surface area contributed by atoms with Crippen LogP contribution in [0.4, 0.5) is 13.2 Å². The summed E-state index contributed by atoms with van der Waals surface area (Å²) in [4.78, 5) is 4.08. The molecule has 0 spiro atoms. The second kappa shape index (κ2) is 6.57. The average Bonchev–Trinajstić information content (AvgIpc) is 2.98. The van der Waals surface area contributed by atoms with Gasteiger partial charge in [-0.3, -0.25) is 0 Å². The third-order valence-corrected chi connectivity index (χ3v) is 4.61. The average molecular weight is 339 g/mol. The van der Waals surface area contributed by atoms with Gasteiger partial charge in [0, 0.05) is 38.5 Å². The van der Waals surface area contributed by atoms with Crippen LogP contribution in [-0.4, -0.2) is 22.8 Å². The van der Waals surface area contributed by atoms with Crippen molar-refractivity contribution in [2.24, 2.45) is 7.05 Å². The molecular formula is C17H20F3N3O. The SMILES string of the molecule is Cn1cncc1CNC1(c2cccc(C(F)(F)F)c2)CCOCC1. The summed E-state index contributed by atoms with van der Waals surface area (Å²) < 4.78 is 46.5. The zero-order chi connectivity index (χ0) is 17.2. The number of benzene rings is 1. The molecule has 1 aromatic heterocycles. The number of ether oxygens (including phenoxy) is 1. The summed E-state index contributed by atoms with van der Waals surface area (Å²) in [5.41, 5.74) is 0.493. The van der Waals surface area contributed by atoms with Gasteiger partial charge in [0.2, 0.25) is 0 Å². The van der Waals surface area contributed by atoms with Gasteiger partial charge in [0.15, 0.2) is 0 Å². The highest BCUT2D eigenvalue weighted by Crippen LogP contribution is 2.36. The van der Waals surface area contributed by atoms with Crippen molar-refractivity contribution in [3.05, 3.63) is 53.6 Å². The summed E-state index contributed by atoms with van der Waals surface area (Å²) in [6.45, 7) is 1.58. The van der Waals surface area contributed by atoms with Gasteiger partial charge in [-0.15, -0.1) is 0 Å². The molecule has 3 rings (SSSR count). The molecule has 0 unspecified atom stereocenters. The molecule has 0 amide bonds. The second-order valence-corrected chi connectivity index (χ2v) is 6.12. The summed E-state index contributed by atoms with van der Waals surface area (Å²) in [6, 6.07) is 5.59. The van der Waals surface area contributed by atoms with Gasteiger partial charge in [0.05, 0.1) is 17.6 Å². The lowest BCUT2D eigenvalue weighted by Crippen LogP contribution is -2.46. The first-order chi connectivity index (χ1) is 11.4. The van der Waals surface area contributed by atoms with E-state index in [-0.39, 0.29) is 0 Å². The van der Waals surface area contributed by atoms with Crippen molar-refractivity contribution in [2.75, 3.05) is 13.2 Å². The molecule has 1 N–H and O–H groups in total. The van der Waals surface area contributed by atoms with Crippen LogP contribution in [-0.2, 0) is 30.0 Å². The number of nitrogens with one attached hydrogen (secondary N) is 1. The molecule has 0 aliphatic carbocycles. The number of hydrogen-bond donors (Lipinski definition) is 1. The quantitative estimate of drug-likeness (QED) is 0.929. The van der Waals surface area contributed by atoms with Crippen molar-refractivity contribution in [1.82, 2.24) is 14.9 Å². The molecule has 1 aromatic carbocycles. The first-order valence-corrected chi connectivity index (χ1v) is 7.86.